The van der Waals surface area contributed by atoms with Gasteiger partial charge in [0.15, 0.2) is 0 Å². The first-order chi connectivity index (χ1) is 16.6. The second kappa shape index (κ2) is 9.69. The van der Waals surface area contributed by atoms with Gasteiger partial charge >= 0.3 is 0 Å². The number of hydrogen-bond acceptors (Lipinski definition) is 6. The Kier molecular flexibility index (Phi) is 6.31. The van der Waals surface area contributed by atoms with Gasteiger partial charge in [-0.15, -0.1) is 11.3 Å². The van der Waals surface area contributed by atoms with E-state index in [1.165, 1.54) is 11.3 Å². The number of nitrogens with zero attached hydrogens (tertiary/aromatic N) is 3. The summed E-state index contributed by atoms with van der Waals surface area (Å²) < 4.78 is 7.68. The van der Waals surface area contributed by atoms with Gasteiger partial charge in [0.2, 0.25) is 11.9 Å². The molecule has 2 aromatic carbocycles. The number of benzene rings is 2. The number of carbonyl (C=O) groups is 1. The first-order valence-electron chi connectivity index (χ1n) is 11.3. The lowest BCUT2D eigenvalue weighted by atomic mass is 9.96. The molecule has 4 aromatic rings. The number of aromatic nitrogens is 2. The van der Waals surface area contributed by atoms with E-state index < -0.39 is 0 Å². The summed E-state index contributed by atoms with van der Waals surface area (Å²) in [7, 11) is 1.61. The van der Waals surface area contributed by atoms with E-state index in [1.807, 2.05) is 66.0 Å². The van der Waals surface area contributed by atoms with Crippen molar-refractivity contribution < 1.29 is 9.53 Å². The van der Waals surface area contributed by atoms with Crippen LogP contribution in [0.1, 0.15) is 18.4 Å². The van der Waals surface area contributed by atoms with Gasteiger partial charge in [0.25, 0.3) is 5.56 Å². The quantitative estimate of drug-likeness (QED) is 0.449. The second-order valence-corrected chi connectivity index (χ2v) is 9.32. The molecule has 3 heterocycles. The fourth-order valence-electron chi connectivity index (χ4n) is 4.37. The number of thiophene rings is 1. The molecule has 0 spiro atoms. The van der Waals surface area contributed by atoms with Crippen molar-refractivity contribution in [2.45, 2.75) is 19.4 Å². The molecular formula is C26H26N4O3S. The van der Waals surface area contributed by atoms with Crippen LogP contribution in [-0.4, -0.2) is 35.7 Å². The molecule has 1 fully saturated rings. The molecule has 1 aliphatic heterocycles. The zero-order valence-electron chi connectivity index (χ0n) is 18.9. The van der Waals surface area contributed by atoms with Crippen LogP contribution in [0.4, 0.5) is 11.6 Å². The van der Waals surface area contributed by atoms with Crippen molar-refractivity contribution >= 4 is 39.1 Å². The number of hydrogen-bond donors (Lipinski definition) is 1. The second-order valence-electron chi connectivity index (χ2n) is 8.41. The average molecular weight is 475 g/mol. The first kappa shape index (κ1) is 22.2. The zero-order valence-corrected chi connectivity index (χ0v) is 19.8. The lowest BCUT2D eigenvalue weighted by Gasteiger charge is -2.33. The molecule has 1 amide bonds. The third kappa shape index (κ3) is 4.54. The Balaban J connectivity index is 1.34. The number of ether oxygens (including phenoxy) is 1. The van der Waals surface area contributed by atoms with E-state index in [9.17, 15) is 9.59 Å². The fourth-order valence-corrected chi connectivity index (χ4v) is 5.15. The number of anilines is 2. The predicted molar refractivity (Wildman–Crippen MR) is 136 cm³/mol. The SMILES string of the molecule is COc1cccc(NC(=O)C2CCN(c3nc4ccsc4c(=O)n3Cc3ccccc3)CC2)c1. The summed E-state index contributed by atoms with van der Waals surface area (Å²) in [6.07, 6.45) is 1.39. The third-order valence-electron chi connectivity index (χ3n) is 6.22. The van der Waals surface area contributed by atoms with Gasteiger partial charge in [-0.3, -0.25) is 14.2 Å². The molecule has 8 heteroatoms. The van der Waals surface area contributed by atoms with Crippen LogP contribution >= 0.6 is 11.3 Å². The maximum Gasteiger partial charge on any atom is 0.273 e. The molecule has 1 saturated heterocycles. The summed E-state index contributed by atoms with van der Waals surface area (Å²) in [6, 6.07) is 19.2. The molecule has 5 rings (SSSR count). The van der Waals surface area contributed by atoms with Gasteiger partial charge in [-0.2, -0.15) is 0 Å². The van der Waals surface area contributed by atoms with Crippen molar-refractivity contribution in [3.8, 4) is 5.75 Å². The Labute approximate surface area is 201 Å². The maximum absolute atomic E-state index is 13.3. The summed E-state index contributed by atoms with van der Waals surface area (Å²) in [5.74, 6) is 1.29. The number of fused-ring (bicyclic) bond motifs is 1. The summed E-state index contributed by atoms with van der Waals surface area (Å²) in [5.41, 5.74) is 2.49. The highest BCUT2D eigenvalue weighted by molar-refractivity contribution is 7.17. The Morgan fingerprint density at radius 3 is 2.68 bits per heavy atom. The molecule has 34 heavy (non-hydrogen) atoms. The van der Waals surface area contributed by atoms with Crippen LogP contribution < -0.4 is 20.5 Å². The molecule has 0 bridgehead atoms. The highest BCUT2D eigenvalue weighted by Gasteiger charge is 2.28. The van der Waals surface area contributed by atoms with E-state index in [2.05, 4.69) is 10.2 Å². The maximum atomic E-state index is 13.3. The zero-order chi connectivity index (χ0) is 23.5. The largest absolute Gasteiger partial charge is 0.497 e. The minimum atomic E-state index is -0.0957. The van der Waals surface area contributed by atoms with Crippen LogP contribution in [0.5, 0.6) is 5.75 Å². The highest BCUT2D eigenvalue weighted by atomic mass is 32.1. The van der Waals surface area contributed by atoms with Gasteiger partial charge in [0, 0.05) is 30.8 Å². The number of nitrogens with one attached hydrogen (secondary N) is 1. The standard InChI is InChI=1S/C26H26N4O3S/c1-33-21-9-5-8-20(16-21)27-24(31)19-10-13-29(14-11-19)26-28-22-12-15-34-23(22)25(32)30(26)17-18-6-3-2-4-7-18/h2-9,12,15-16,19H,10-11,13-14,17H2,1H3,(H,27,31). The minimum absolute atomic E-state index is 0.0100. The predicted octanol–water partition coefficient (Wildman–Crippen LogP) is 4.37. The number of amides is 1. The van der Waals surface area contributed by atoms with Crippen LogP contribution in [0.3, 0.4) is 0 Å². The average Bonchev–Trinajstić information content (AvgIpc) is 3.35. The minimum Gasteiger partial charge on any atom is -0.497 e. The van der Waals surface area contributed by atoms with Crippen molar-refractivity contribution in [2.75, 3.05) is 30.4 Å². The van der Waals surface area contributed by atoms with E-state index in [4.69, 9.17) is 9.72 Å². The molecule has 2 aromatic heterocycles. The molecule has 0 aliphatic carbocycles. The van der Waals surface area contributed by atoms with Crippen molar-refractivity contribution in [2.24, 2.45) is 5.92 Å². The van der Waals surface area contributed by atoms with Gasteiger partial charge in [0.05, 0.1) is 19.2 Å². The van der Waals surface area contributed by atoms with Gasteiger partial charge in [-0.05, 0) is 42.0 Å². The summed E-state index contributed by atoms with van der Waals surface area (Å²) >= 11 is 1.43. The normalized spacial score (nSPS) is 14.3. The van der Waals surface area contributed by atoms with Gasteiger partial charge < -0.3 is 15.0 Å². The van der Waals surface area contributed by atoms with Crippen LogP contribution in [0.2, 0.25) is 0 Å². The Morgan fingerprint density at radius 2 is 1.91 bits per heavy atom. The fraction of sp³-hybridized carbons (Fsp3) is 0.269. The van der Waals surface area contributed by atoms with E-state index in [0.717, 1.165) is 16.8 Å². The number of piperidine rings is 1. The van der Waals surface area contributed by atoms with E-state index in [1.54, 1.807) is 11.7 Å². The van der Waals surface area contributed by atoms with E-state index in [-0.39, 0.29) is 17.4 Å². The molecule has 1 N–H and O–H groups in total. The van der Waals surface area contributed by atoms with Gasteiger partial charge in [-0.25, -0.2) is 4.98 Å². The smallest absolute Gasteiger partial charge is 0.273 e. The molecule has 174 valence electrons. The number of carbonyl (C=O) groups excluding carboxylic acids is 1. The van der Waals surface area contributed by atoms with E-state index >= 15 is 0 Å². The van der Waals surface area contributed by atoms with Crippen LogP contribution in [0.25, 0.3) is 10.2 Å². The Morgan fingerprint density at radius 1 is 1.12 bits per heavy atom. The molecule has 1 aliphatic rings. The van der Waals surface area contributed by atoms with Gasteiger partial charge in [-0.1, -0.05) is 36.4 Å². The summed E-state index contributed by atoms with van der Waals surface area (Å²) in [4.78, 5) is 33.2. The summed E-state index contributed by atoms with van der Waals surface area (Å²) in [6.45, 7) is 1.78. The molecular weight excluding hydrogens is 448 g/mol. The first-order valence-corrected chi connectivity index (χ1v) is 12.2. The molecule has 0 unspecified atom stereocenters. The van der Waals surface area contributed by atoms with Crippen LogP contribution in [0, 0.1) is 5.92 Å². The number of methoxy groups -OCH3 is 1. The lowest BCUT2D eigenvalue weighted by Crippen LogP contribution is -2.41. The molecule has 7 nitrogen and oxygen atoms in total. The topological polar surface area (TPSA) is 76.5 Å². The van der Waals surface area contributed by atoms with E-state index in [0.29, 0.717) is 48.9 Å². The summed E-state index contributed by atoms with van der Waals surface area (Å²) in [5, 5.41) is 4.92. The Bertz CT molecular complexity index is 1360. The highest BCUT2D eigenvalue weighted by Crippen LogP contribution is 2.26. The lowest BCUT2D eigenvalue weighted by molar-refractivity contribution is -0.120. The van der Waals surface area contributed by atoms with Crippen LogP contribution in [-0.2, 0) is 11.3 Å². The monoisotopic (exact) mass is 474 g/mol. The van der Waals surface area contributed by atoms with Crippen LogP contribution in [0.15, 0.2) is 70.8 Å². The van der Waals surface area contributed by atoms with Crippen molar-refractivity contribution in [3.63, 3.8) is 0 Å². The third-order valence-corrected chi connectivity index (χ3v) is 7.11. The van der Waals surface area contributed by atoms with Gasteiger partial charge in [0.1, 0.15) is 10.4 Å². The van der Waals surface area contributed by atoms with Crippen molar-refractivity contribution in [1.82, 2.24) is 9.55 Å². The van der Waals surface area contributed by atoms with Crippen molar-refractivity contribution in [3.05, 3.63) is 82.0 Å². The molecule has 0 saturated carbocycles. The molecule has 0 radical (unpaired) electrons. The van der Waals surface area contributed by atoms with Crippen molar-refractivity contribution in [1.29, 1.82) is 0 Å². The number of rotatable bonds is 6. The Hall–Kier alpha value is -3.65. The molecule has 0 atom stereocenters.